The maximum Gasteiger partial charge on any atom is 0.236 e. The number of likely N-dealkylation sites (tertiary alicyclic amines) is 1. The average Bonchev–Trinajstić information content (AvgIpc) is 3.21. The molecule has 0 N–H and O–H groups in total. The quantitative estimate of drug-likeness (QED) is 0.808. The molecule has 1 aromatic rings. The Hall–Kier alpha value is -1.47. The molecule has 0 aromatic carbocycles. The van der Waals surface area contributed by atoms with Gasteiger partial charge in [-0.25, -0.2) is 4.98 Å². The summed E-state index contributed by atoms with van der Waals surface area (Å²) in [4.78, 5) is 34.6. The maximum absolute atomic E-state index is 12.3. The maximum atomic E-state index is 12.3. The second-order valence-electron chi connectivity index (χ2n) is 5.90. The number of piperazine rings is 1. The average molecular weight is 322 g/mol. The molecule has 2 saturated heterocycles. The third-order valence-corrected chi connectivity index (χ3v) is 4.99. The van der Waals surface area contributed by atoms with Crippen molar-refractivity contribution in [2.24, 2.45) is 0 Å². The van der Waals surface area contributed by atoms with Gasteiger partial charge in [0.25, 0.3) is 0 Å². The van der Waals surface area contributed by atoms with Crippen molar-refractivity contribution in [3.8, 4) is 0 Å². The Balaban J connectivity index is 1.43. The lowest BCUT2D eigenvalue weighted by Crippen LogP contribution is -2.52. The summed E-state index contributed by atoms with van der Waals surface area (Å²) in [5.41, 5.74) is 2.58. The van der Waals surface area contributed by atoms with Crippen molar-refractivity contribution >= 4 is 23.2 Å². The lowest BCUT2D eigenvalue weighted by molar-refractivity contribution is -0.139. The van der Waals surface area contributed by atoms with E-state index in [0.29, 0.717) is 39.1 Å². The van der Waals surface area contributed by atoms with E-state index in [1.165, 1.54) is 24.2 Å². The SMILES string of the molecule is O=C(Cc1cscn1)N1CCN(C(=O)CN2CCCC2)CC1. The number of aromatic nitrogens is 1. The Kier molecular flexibility index (Phi) is 5.04. The molecule has 0 saturated carbocycles. The molecule has 0 spiro atoms. The fraction of sp³-hybridized carbons (Fsp3) is 0.667. The van der Waals surface area contributed by atoms with Crippen LogP contribution in [-0.4, -0.2) is 77.3 Å². The standard InChI is InChI=1S/C15H22N4O2S/c20-14(9-13-11-22-12-16-13)18-5-7-19(8-6-18)15(21)10-17-3-1-2-4-17/h11-12H,1-10H2. The third kappa shape index (κ3) is 3.84. The van der Waals surface area contributed by atoms with Gasteiger partial charge in [0.15, 0.2) is 0 Å². The second-order valence-corrected chi connectivity index (χ2v) is 6.62. The molecule has 2 amide bonds. The summed E-state index contributed by atoms with van der Waals surface area (Å²) >= 11 is 1.51. The van der Waals surface area contributed by atoms with Crippen molar-refractivity contribution in [3.05, 3.63) is 16.6 Å². The summed E-state index contributed by atoms with van der Waals surface area (Å²) < 4.78 is 0. The van der Waals surface area contributed by atoms with Gasteiger partial charge in [0.2, 0.25) is 11.8 Å². The molecule has 0 bridgehead atoms. The molecule has 120 valence electrons. The molecule has 0 unspecified atom stereocenters. The van der Waals surface area contributed by atoms with E-state index in [1.807, 2.05) is 15.2 Å². The summed E-state index contributed by atoms with van der Waals surface area (Å²) in [5, 5.41) is 1.91. The lowest BCUT2D eigenvalue weighted by atomic mass is 10.2. The topological polar surface area (TPSA) is 56.8 Å². The smallest absolute Gasteiger partial charge is 0.236 e. The van der Waals surface area contributed by atoms with Gasteiger partial charge in [0.05, 0.1) is 24.2 Å². The van der Waals surface area contributed by atoms with Gasteiger partial charge in [-0.3, -0.25) is 14.5 Å². The number of rotatable bonds is 4. The van der Waals surface area contributed by atoms with E-state index >= 15 is 0 Å². The summed E-state index contributed by atoms with van der Waals surface area (Å²) in [6.07, 6.45) is 2.77. The van der Waals surface area contributed by atoms with E-state index in [4.69, 9.17) is 0 Å². The first-order chi connectivity index (χ1) is 10.7. The minimum atomic E-state index is 0.109. The van der Waals surface area contributed by atoms with E-state index in [0.717, 1.165) is 18.8 Å². The van der Waals surface area contributed by atoms with Crippen LogP contribution in [0, 0.1) is 0 Å². The molecule has 0 aliphatic carbocycles. The van der Waals surface area contributed by atoms with Gasteiger partial charge in [-0.05, 0) is 25.9 Å². The van der Waals surface area contributed by atoms with Crippen LogP contribution in [0.25, 0.3) is 0 Å². The van der Waals surface area contributed by atoms with Crippen LogP contribution in [0.15, 0.2) is 10.9 Å². The minimum Gasteiger partial charge on any atom is -0.339 e. The Morgan fingerprint density at radius 1 is 1.00 bits per heavy atom. The molecule has 1 aromatic heterocycles. The molecular weight excluding hydrogens is 300 g/mol. The molecule has 0 radical (unpaired) electrons. The zero-order valence-corrected chi connectivity index (χ0v) is 13.6. The Labute approximate surface area is 134 Å². The van der Waals surface area contributed by atoms with E-state index in [2.05, 4.69) is 9.88 Å². The number of amides is 2. The Morgan fingerprint density at radius 3 is 2.23 bits per heavy atom. The second kappa shape index (κ2) is 7.19. The van der Waals surface area contributed by atoms with Crippen LogP contribution in [0.3, 0.4) is 0 Å². The zero-order chi connectivity index (χ0) is 15.4. The predicted octanol–water partition coefficient (Wildman–Crippen LogP) is 0.452. The van der Waals surface area contributed by atoms with Gasteiger partial charge in [0.1, 0.15) is 0 Å². The van der Waals surface area contributed by atoms with Crippen LogP contribution in [0.4, 0.5) is 0 Å². The summed E-state index contributed by atoms with van der Waals surface area (Å²) in [7, 11) is 0. The Bertz CT molecular complexity index is 506. The molecule has 3 rings (SSSR count). The molecule has 7 heteroatoms. The normalized spacial score (nSPS) is 19.6. The fourth-order valence-electron chi connectivity index (χ4n) is 3.03. The molecule has 2 fully saturated rings. The number of thiazole rings is 1. The van der Waals surface area contributed by atoms with Gasteiger partial charge < -0.3 is 9.80 Å². The van der Waals surface area contributed by atoms with Gasteiger partial charge in [-0.1, -0.05) is 0 Å². The number of hydrogen-bond acceptors (Lipinski definition) is 5. The van der Waals surface area contributed by atoms with Gasteiger partial charge in [0, 0.05) is 31.6 Å². The summed E-state index contributed by atoms with van der Waals surface area (Å²) in [6, 6.07) is 0. The highest BCUT2D eigenvalue weighted by atomic mass is 32.1. The van der Waals surface area contributed by atoms with Crippen molar-refractivity contribution in [1.82, 2.24) is 19.7 Å². The molecule has 3 heterocycles. The van der Waals surface area contributed by atoms with Crippen LogP contribution in [0.5, 0.6) is 0 Å². The largest absolute Gasteiger partial charge is 0.339 e. The van der Waals surface area contributed by atoms with Crippen LogP contribution in [0.2, 0.25) is 0 Å². The minimum absolute atomic E-state index is 0.109. The predicted molar refractivity (Wildman–Crippen MR) is 84.7 cm³/mol. The van der Waals surface area contributed by atoms with Crippen LogP contribution < -0.4 is 0 Å². The fourth-order valence-corrected chi connectivity index (χ4v) is 3.59. The molecule has 0 atom stereocenters. The van der Waals surface area contributed by atoms with Gasteiger partial charge >= 0.3 is 0 Å². The van der Waals surface area contributed by atoms with Crippen molar-refractivity contribution in [1.29, 1.82) is 0 Å². The van der Waals surface area contributed by atoms with Crippen molar-refractivity contribution < 1.29 is 9.59 Å². The van der Waals surface area contributed by atoms with E-state index in [1.54, 1.807) is 5.51 Å². The lowest BCUT2D eigenvalue weighted by Gasteiger charge is -2.35. The highest BCUT2D eigenvalue weighted by Gasteiger charge is 2.26. The molecule has 6 nitrogen and oxygen atoms in total. The van der Waals surface area contributed by atoms with Crippen molar-refractivity contribution in [2.45, 2.75) is 19.3 Å². The van der Waals surface area contributed by atoms with Crippen LogP contribution >= 0.6 is 11.3 Å². The first-order valence-corrected chi connectivity index (χ1v) is 8.81. The zero-order valence-electron chi connectivity index (χ0n) is 12.7. The number of nitrogens with zero attached hydrogens (tertiary/aromatic N) is 4. The third-order valence-electron chi connectivity index (χ3n) is 4.36. The molecule has 2 aliphatic rings. The Morgan fingerprint density at radius 2 is 1.64 bits per heavy atom. The monoisotopic (exact) mass is 322 g/mol. The van der Waals surface area contributed by atoms with Crippen molar-refractivity contribution in [3.63, 3.8) is 0 Å². The number of carbonyl (C=O) groups is 2. The number of hydrogen-bond donors (Lipinski definition) is 0. The van der Waals surface area contributed by atoms with E-state index in [-0.39, 0.29) is 11.8 Å². The van der Waals surface area contributed by atoms with E-state index < -0.39 is 0 Å². The summed E-state index contributed by atoms with van der Waals surface area (Å²) in [6.45, 7) is 5.18. The first-order valence-electron chi connectivity index (χ1n) is 7.87. The number of carbonyl (C=O) groups excluding carboxylic acids is 2. The molecular formula is C15H22N4O2S. The van der Waals surface area contributed by atoms with E-state index in [9.17, 15) is 9.59 Å². The van der Waals surface area contributed by atoms with Gasteiger partial charge in [-0.2, -0.15) is 0 Å². The highest BCUT2D eigenvalue weighted by Crippen LogP contribution is 2.10. The van der Waals surface area contributed by atoms with Crippen LogP contribution in [0.1, 0.15) is 18.5 Å². The van der Waals surface area contributed by atoms with Gasteiger partial charge in [-0.15, -0.1) is 11.3 Å². The molecule has 2 aliphatic heterocycles. The van der Waals surface area contributed by atoms with Crippen LogP contribution in [-0.2, 0) is 16.0 Å². The summed E-state index contributed by atoms with van der Waals surface area (Å²) in [5.74, 6) is 0.311. The van der Waals surface area contributed by atoms with Crippen molar-refractivity contribution in [2.75, 3.05) is 45.8 Å². The first kappa shape index (κ1) is 15.4. The molecule has 22 heavy (non-hydrogen) atoms. The highest BCUT2D eigenvalue weighted by molar-refractivity contribution is 7.07.